The molecule has 0 aromatic rings. The number of amides is 1. The Morgan fingerprint density at radius 1 is 0.359 bits per heavy atom. The molecule has 2 atom stereocenters. The van der Waals surface area contributed by atoms with E-state index in [1.807, 2.05) is 6.08 Å². The predicted molar refractivity (Wildman–Crippen MR) is 343 cm³/mol. The van der Waals surface area contributed by atoms with E-state index in [1.165, 1.54) is 308 Å². The van der Waals surface area contributed by atoms with Crippen LogP contribution in [0.25, 0.3) is 0 Å². The first-order chi connectivity index (χ1) is 38.5. The Bertz CT molecular complexity index is 1260. The van der Waals surface area contributed by atoms with Crippen LogP contribution in [0.3, 0.4) is 0 Å². The maximum atomic E-state index is 12.5. The van der Waals surface area contributed by atoms with Gasteiger partial charge in [-0.2, -0.15) is 0 Å². The summed E-state index contributed by atoms with van der Waals surface area (Å²) in [5.74, 6) is -0.0603. The van der Waals surface area contributed by atoms with E-state index in [4.69, 9.17) is 4.74 Å². The normalized spacial score (nSPS) is 12.7. The monoisotopic (exact) mass is 1100 g/mol. The predicted octanol–water partition coefficient (Wildman–Crippen LogP) is 22.7. The van der Waals surface area contributed by atoms with Gasteiger partial charge in [0.15, 0.2) is 0 Å². The zero-order valence-corrected chi connectivity index (χ0v) is 52.7. The Labute approximate surface area is 487 Å². The molecule has 0 saturated heterocycles. The fraction of sp³-hybridized carbons (Fsp3) is 0.889. The second-order valence-corrected chi connectivity index (χ2v) is 24.2. The average molecular weight is 1100 g/mol. The molecule has 0 aliphatic carbocycles. The average Bonchev–Trinajstić information content (AvgIpc) is 3.44. The quantitative estimate of drug-likeness (QED) is 0.0320. The van der Waals surface area contributed by atoms with Gasteiger partial charge in [0.2, 0.25) is 5.91 Å². The lowest BCUT2D eigenvalue weighted by Crippen LogP contribution is -2.45. The zero-order valence-electron chi connectivity index (χ0n) is 52.7. The highest BCUT2D eigenvalue weighted by Gasteiger charge is 2.18. The molecule has 0 spiro atoms. The first-order valence-corrected chi connectivity index (χ1v) is 35.3. The summed E-state index contributed by atoms with van der Waals surface area (Å²) in [5, 5.41) is 23.3. The number of esters is 1. The number of allylic oxidation sites excluding steroid dienone is 5. The van der Waals surface area contributed by atoms with E-state index in [0.717, 1.165) is 51.4 Å². The van der Waals surface area contributed by atoms with Crippen LogP contribution >= 0.6 is 0 Å². The fourth-order valence-electron chi connectivity index (χ4n) is 11.0. The van der Waals surface area contributed by atoms with Crippen LogP contribution in [0.4, 0.5) is 0 Å². The number of rotatable bonds is 66. The molecule has 0 aliphatic rings. The Hall–Kier alpha value is -1.92. The van der Waals surface area contributed by atoms with Crippen LogP contribution in [-0.4, -0.2) is 47.4 Å². The second-order valence-electron chi connectivity index (χ2n) is 24.2. The fourth-order valence-corrected chi connectivity index (χ4v) is 11.0. The molecule has 0 fully saturated rings. The largest absolute Gasteiger partial charge is 0.466 e. The summed E-state index contributed by atoms with van der Waals surface area (Å²) in [5.41, 5.74) is 0. The highest BCUT2D eigenvalue weighted by molar-refractivity contribution is 5.76. The molecule has 3 N–H and O–H groups in total. The molecule has 0 radical (unpaired) electrons. The van der Waals surface area contributed by atoms with Gasteiger partial charge in [-0.25, -0.2) is 0 Å². The molecule has 2 unspecified atom stereocenters. The highest BCUT2D eigenvalue weighted by atomic mass is 16.5. The van der Waals surface area contributed by atoms with Crippen molar-refractivity contribution in [3.8, 4) is 0 Å². The van der Waals surface area contributed by atoms with Crippen LogP contribution in [0.15, 0.2) is 36.5 Å². The Morgan fingerprint density at radius 2 is 0.641 bits per heavy atom. The Kier molecular flexibility index (Phi) is 65.9. The lowest BCUT2D eigenvalue weighted by Gasteiger charge is -2.20. The van der Waals surface area contributed by atoms with Crippen molar-refractivity contribution in [2.75, 3.05) is 13.2 Å². The SMILES string of the molecule is CCCCC/C=C\C/C=C\CCCCCCCC(=O)OCCCCCCCCCCCCCCCCCCCCCCCCCCCC(=O)NC(CO)C(O)/C=C/CCCCCCCCCCCCCCCCCCCCC. The number of carbonyl (C=O) groups excluding carboxylic acids is 2. The molecular formula is C72H137NO5. The Balaban J connectivity index is 3.39. The molecule has 0 saturated carbocycles. The minimum atomic E-state index is -0.845. The van der Waals surface area contributed by atoms with Crippen molar-refractivity contribution in [1.82, 2.24) is 5.32 Å². The number of unbranched alkanes of at least 4 members (excludes halogenated alkanes) is 51. The van der Waals surface area contributed by atoms with E-state index in [0.29, 0.717) is 19.4 Å². The van der Waals surface area contributed by atoms with Crippen LogP contribution in [0.5, 0.6) is 0 Å². The van der Waals surface area contributed by atoms with Crippen molar-refractivity contribution in [3.05, 3.63) is 36.5 Å². The maximum absolute atomic E-state index is 12.5. The zero-order chi connectivity index (χ0) is 56.4. The molecule has 78 heavy (non-hydrogen) atoms. The van der Waals surface area contributed by atoms with E-state index >= 15 is 0 Å². The van der Waals surface area contributed by atoms with E-state index in [1.54, 1.807) is 6.08 Å². The van der Waals surface area contributed by atoms with Gasteiger partial charge >= 0.3 is 5.97 Å². The van der Waals surface area contributed by atoms with Gasteiger partial charge in [0.25, 0.3) is 0 Å². The molecular weight excluding hydrogens is 959 g/mol. The van der Waals surface area contributed by atoms with Gasteiger partial charge in [-0.05, 0) is 64.2 Å². The van der Waals surface area contributed by atoms with Crippen molar-refractivity contribution in [2.45, 2.75) is 398 Å². The van der Waals surface area contributed by atoms with Crippen molar-refractivity contribution >= 4 is 11.9 Å². The number of hydrogen-bond donors (Lipinski definition) is 3. The van der Waals surface area contributed by atoms with Gasteiger partial charge in [-0.1, -0.05) is 346 Å². The molecule has 0 rings (SSSR count). The van der Waals surface area contributed by atoms with Crippen LogP contribution in [0.2, 0.25) is 0 Å². The number of aliphatic hydroxyl groups is 2. The van der Waals surface area contributed by atoms with E-state index in [2.05, 4.69) is 43.5 Å². The second kappa shape index (κ2) is 67.6. The first kappa shape index (κ1) is 76.1. The molecule has 0 bridgehead atoms. The van der Waals surface area contributed by atoms with Gasteiger partial charge in [0, 0.05) is 12.8 Å². The van der Waals surface area contributed by atoms with Crippen LogP contribution in [0, 0.1) is 0 Å². The van der Waals surface area contributed by atoms with E-state index < -0.39 is 12.1 Å². The number of hydrogen-bond acceptors (Lipinski definition) is 5. The van der Waals surface area contributed by atoms with Crippen molar-refractivity contribution in [1.29, 1.82) is 0 Å². The number of aliphatic hydroxyl groups excluding tert-OH is 2. The number of nitrogens with one attached hydrogen (secondary N) is 1. The summed E-state index contributed by atoms with van der Waals surface area (Å²) in [7, 11) is 0. The van der Waals surface area contributed by atoms with Crippen molar-refractivity contribution in [3.63, 3.8) is 0 Å². The third-order valence-corrected chi connectivity index (χ3v) is 16.4. The van der Waals surface area contributed by atoms with Crippen LogP contribution in [0.1, 0.15) is 386 Å². The third kappa shape index (κ3) is 63.3. The topological polar surface area (TPSA) is 95.9 Å². The smallest absolute Gasteiger partial charge is 0.305 e. The van der Waals surface area contributed by atoms with Gasteiger partial charge in [-0.3, -0.25) is 9.59 Å². The summed E-state index contributed by atoms with van der Waals surface area (Å²) in [6.45, 7) is 4.91. The van der Waals surface area contributed by atoms with Gasteiger partial charge in [-0.15, -0.1) is 0 Å². The van der Waals surface area contributed by atoms with E-state index in [9.17, 15) is 19.8 Å². The standard InChI is InChI=1S/C72H137NO5/c1-3-5-7-9-11-13-15-17-19-20-21-27-30-33-37-40-44-48-52-56-60-64-70(75)69(68-74)73-71(76)65-61-57-53-49-45-41-38-34-31-28-25-23-22-24-26-29-32-35-39-43-47-51-55-59-63-67-78-72(77)66-62-58-54-50-46-42-36-18-16-14-12-10-8-6-4-2/h12,14,18,36,60,64,69-70,74-75H,3-11,13,15-17,19-35,37-59,61-63,65-68H2,1-2H3,(H,73,76)/b14-12-,36-18-,64-60+. The summed E-state index contributed by atoms with van der Waals surface area (Å²) in [4.78, 5) is 24.6. The summed E-state index contributed by atoms with van der Waals surface area (Å²) in [6, 6.07) is -0.628. The molecule has 0 heterocycles. The van der Waals surface area contributed by atoms with Crippen LogP contribution < -0.4 is 5.32 Å². The molecule has 0 aromatic carbocycles. The maximum Gasteiger partial charge on any atom is 0.305 e. The summed E-state index contributed by atoms with van der Waals surface area (Å²) in [6.07, 6.45) is 86.5. The number of carbonyl (C=O) groups is 2. The molecule has 1 amide bonds. The lowest BCUT2D eigenvalue weighted by molar-refractivity contribution is -0.143. The first-order valence-electron chi connectivity index (χ1n) is 35.3. The number of ether oxygens (including phenoxy) is 1. The van der Waals surface area contributed by atoms with E-state index in [-0.39, 0.29) is 18.5 Å². The molecule has 0 aliphatic heterocycles. The van der Waals surface area contributed by atoms with Gasteiger partial charge < -0.3 is 20.3 Å². The lowest BCUT2D eigenvalue weighted by atomic mass is 10.0. The van der Waals surface area contributed by atoms with Crippen LogP contribution in [-0.2, 0) is 14.3 Å². The third-order valence-electron chi connectivity index (χ3n) is 16.4. The van der Waals surface area contributed by atoms with Gasteiger partial charge in [0.1, 0.15) is 0 Å². The Morgan fingerprint density at radius 3 is 1.00 bits per heavy atom. The van der Waals surface area contributed by atoms with Crippen molar-refractivity contribution in [2.24, 2.45) is 0 Å². The molecule has 6 heteroatoms. The molecule has 0 aromatic heterocycles. The molecule has 460 valence electrons. The minimum absolute atomic E-state index is 0.00240. The highest BCUT2D eigenvalue weighted by Crippen LogP contribution is 2.19. The molecule has 6 nitrogen and oxygen atoms in total. The minimum Gasteiger partial charge on any atom is -0.466 e. The van der Waals surface area contributed by atoms with Crippen molar-refractivity contribution < 1.29 is 24.5 Å². The summed E-state index contributed by atoms with van der Waals surface area (Å²) < 4.78 is 5.49. The van der Waals surface area contributed by atoms with Gasteiger partial charge in [0.05, 0.1) is 25.4 Å². The summed E-state index contributed by atoms with van der Waals surface area (Å²) >= 11 is 0.